The molecule has 0 fully saturated rings. The Kier molecular flexibility index (Phi) is 3.71. The van der Waals surface area contributed by atoms with Gasteiger partial charge in [-0.1, -0.05) is 11.6 Å². The molecule has 0 radical (unpaired) electrons. The van der Waals surface area contributed by atoms with E-state index in [1.165, 1.54) is 18.2 Å². The number of hydrogen-bond donors (Lipinski definition) is 1. The summed E-state index contributed by atoms with van der Waals surface area (Å²) in [5, 5.41) is 11.0. The Morgan fingerprint density at radius 1 is 1.35 bits per heavy atom. The second-order valence-corrected chi connectivity index (χ2v) is 4.47. The monoisotopic (exact) mass is 294 g/mol. The van der Waals surface area contributed by atoms with Crippen molar-refractivity contribution in [2.45, 2.75) is 13.8 Å². The summed E-state index contributed by atoms with van der Waals surface area (Å²) in [5.41, 5.74) is 6.13. The zero-order valence-electron chi connectivity index (χ0n) is 10.8. The Morgan fingerprint density at radius 2 is 2.05 bits per heavy atom. The van der Waals surface area contributed by atoms with Gasteiger partial charge in [0, 0.05) is 6.07 Å². The quantitative estimate of drug-likeness (QED) is 0.689. The molecule has 20 heavy (non-hydrogen) atoms. The molecule has 0 amide bonds. The minimum absolute atomic E-state index is 0.124. The van der Waals surface area contributed by atoms with Crippen molar-refractivity contribution in [1.29, 1.82) is 0 Å². The molecule has 7 nitrogen and oxygen atoms in total. The molecule has 0 unspecified atom stereocenters. The lowest BCUT2D eigenvalue weighted by Crippen LogP contribution is -2.02. The highest BCUT2D eigenvalue weighted by Crippen LogP contribution is 2.33. The van der Waals surface area contributed by atoms with Gasteiger partial charge in [0.2, 0.25) is 5.88 Å². The van der Waals surface area contributed by atoms with Crippen LogP contribution in [-0.2, 0) is 0 Å². The highest BCUT2D eigenvalue weighted by Gasteiger charge is 2.14. The second kappa shape index (κ2) is 5.30. The third-order valence-electron chi connectivity index (χ3n) is 2.58. The van der Waals surface area contributed by atoms with Crippen LogP contribution in [0.15, 0.2) is 18.2 Å². The van der Waals surface area contributed by atoms with Gasteiger partial charge in [-0.25, -0.2) is 4.98 Å². The summed E-state index contributed by atoms with van der Waals surface area (Å²) in [6.45, 7) is 3.35. The zero-order valence-corrected chi connectivity index (χ0v) is 11.5. The number of nitrogens with two attached hydrogens (primary N) is 1. The van der Waals surface area contributed by atoms with E-state index in [1.807, 2.05) is 0 Å². The first kappa shape index (κ1) is 14.0. The number of rotatable bonds is 3. The number of nitrogens with zero attached hydrogens (tertiary/aromatic N) is 3. The summed E-state index contributed by atoms with van der Waals surface area (Å²) < 4.78 is 5.52. The Balaban J connectivity index is 2.44. The average molecular weight is 295 g/mol. The van der Waals surface area contributed by atoms with Crippen molar-refractivity contribution in [3.05, 3.63) is 44.7 Å². The lowest BCUT2D eigenvalue weighted by Gasteiger charge is -2.10. The molecule has 2 aromatic rings. The maximum atomic E-state index is 10.8. The van der Waals surface area contributed by atoms with Gasteiger partial charge in [0.15, 0.2) is 5.75 Å². The van der Waals surface area contributed by atoms with Crippen LogP contribution in [0.2, 0.25) is 5.02 Å². The van der Waals surface area contributed by atoms with Gasteiger partial charge in [-0.15, -0.1) is 0 Å². The highest BCUT2D eigenvalue weighted by molar-refractivity contribution is 6.32. The molecule has 1 heterocycles. The van der Waals surface area contributed by atoms with E-state index in [0.29, 0.717) is 11.4 Å². The van der Waals surface area contributed by atoms with E-state index in [1.54, 1.807) is 13.8 Å². The molecule has 0 bridgehead atoms. The molecule has 0 spiro atoms. The number of non-ortho nitro benzene ring substituents is 1. The molecule has 0 atom stereocenters. The molecule has 104 valence electrons. The lowest BCUT2D eigenvalue weighted by molar-refractivity contribution is -0.384. The van der Waals surface area contributed by atoms with E-state index in [4.69, 9.17) is 22.1 Å². The Labute approximate surface area is 119 Å². The third kappa shape index (κ3) is 2.77. The maximum Gasteiger partial charge on any atom is 0.273 e. The second-order valence-electron chi connectivity index (χ2n) is 4.06. The minimum atomic E-state index is -0.532. The van der Waals surface area contributed by atoms with Gasteiger partial charge in [0.25, 0.3) is 5.69 Å². The SMILES string of the molecule is Cc1nc(N)c(C)c(Oc2cc([N+](=O)[O-])ccc2Cl)n1. The topological polar surface area (TPSA) is 104 Å². The first-order valence-electron chi connectivity index (χ1n) is 5.61. The maximum absolute atomic E-state index is 10.8. The Bertz CT molecular complexity index is 691. The number of nitro benzene ring substituents is 1. The smallest absolute Gasteiger partial charge is 0.273 e. The number of aromatic nitrogens is 2. The third-order valence-corrected chi connectivity index (χ3v) is 2.90. The van der Waals surface area contributed by atoms with Crippen LogP contribution in [-0.4, -0.2) is 14.9 Å². The van der Waals surface area contributed by atoms with Crippen LogP contribution < -0.4 is 10.5 Å². The normalized spacial score (nSPS) is 10.3. The number of aryl methyl sites for hydroxylation is 1. The molecule has 0 saturated heterocycles. The van der Waals surface area contributed by atoms with Gasteiger partial charge >= 0.3 is 0 Å². The van der Waals surface area contributed by atoms with E-state index in [9.17, 15) is 10.1 Å². The van der Waals surface area contributed by atoms with Crippen LogP contribution in [0.5, 0.6) is 11.6 Å². The summed E-state index contributed by atoms with van der Waals surface area (Å²) in [4.78, 5) is 18.3. The fourth-order valence-corrected chi connectivity index (χ4v) is 1.67. The van der Waals surface area contributed by atoms with Crippen molar-refractivity contribution in [3.63, 3.8) is 0 Å². The van der Waals surface area contributed by atoms with Gasteiger partial charge < -0.3 is 10.5 Å². The molecule has 2 N–H and O–H groups in total. The van der Waals surface area contributed by atoms with Crippen molar-refractivity contribution in [1.82, 2.24) is 9.97 Å². The van der Waals surface area contributed by atoms with Crippen molar-refractivity contribution in [2.24, 2.45) is 0 Å². The van der Waals surface area contributed by atoms with E-state index < -0.39 is 4.92 Å². The minimum Gasteiger partial charge on any atom is -0.437 e. The van der Waals surface area contributed by atoms with Crippen molar-refractivity contribution in [2.75, 3.05) is 5.73 Å². The molecule has 0 aliphatic carbocycles. The number of ether oxygens (including phenoxy) is 1. The van der Waals surface area contributed by atoms with Crippen molar-refractivity contribution in [3.8, 4) is 11.6 Å². The number of anilines is 1. The summed E-state index contributed by atoms with van der Waals surface area (Å²) in [5.74, 6) is 1.08. The van der Waals surface area contributed by atoms with Crippen LogP contribution in [0.25, 0.3) is 0 Å². The molecule has 1 aromatic carbocycles. The van der Waals surface area contributed by atoms with Crippen molar-refractivity contribution < 1.29 is 9.66 Å². The van der Waals surface area contributed by atoms with Gasteiger partial charge in [0.1, 0.15) is 11.6 Å². The Morgan fingerprint density at radius 3 is 2.70 bits per heavy atom. The molecular formula is C12H11ClN4O3. The first-order chi connectivity index (χ1) is 9.38. The number of nitrogen functional groups attached to an aromatic ring is 1. The average Bonchev–Trinajstić information content (AvgIpc) is 2.37. The molecule has 8 heteroatoms. The predicted molar refractivity (Wildman–Crippen MR) is 74.1 cm³/mol. The summed E-state index contributed by atoms with van der Waals surface area (Å²) in [7, 11) is 0. The predicted octanol–water partition coefficient (Wildman–Crippen LogP) is 3.03. The fraction of sp³-hybridized carbons (Fsp3) is 0.167. The number of halogens is 1. The van der Waals surface area contributed by atoms with Crippen LogP contribution >= 0.6 is 11.6 Å². The number of hydrogen-bond acceptors (Lipinski definition) is 6. The van der Waals surface area contributed by atoms with Gasteiger partial charge in [-0.3, -0.25) is 10.1 Å². The summed E-state index contributed by atoms with van der Waals surface area (Å²) in [6.07, 6.45) is 0. The first-order valence-corrected chi connectivity index (χ1v) is 5.99. The van der Waals surface area contributed by atoms with Crippen LogP contribution in [0.3, 0.4) is 0 Å². The molecule has 2 rings (SSSR count). The zero-order chi connectivity index (χ0) is 14.9. The summed E-state index contributed by atoms with van der Waals surface area (Å²) >= 11 is 5.96. The van der Waals surface area contributed by atoms with Crippen molar-refractivity contribution >= 4 is 23.1 Å². The van der Waals surface area contributed by atoms with E-state index in [-0.39, 0.29) is 28.2 Å². The molecule has 0 saturated carbocycles. The Hall–Kier alpha value is -2.41. The number of benzene rings is 1. The highest BCUT2D eigenvalue weighted by atomic mass is 35.5. The molecule has 0 aliphatic rings. The van der Waals surface area contributed by atoms with Gasteiger partial charge in [0.05, 0.1) is 21.6 Å². The number of nitro groups is 1. The molecular weight excluding hydrogens is 284 g/mol. The summed E-state index contributed by atoms with van der Waals surface area (Å²) in [6, 6.07) is 3.92. The lowest BCUT2D eigenvalue weighted by atomic mass is 10.3. The fourth-order valence-electron chi connectivity index (χ4n) is 1.51. The van der Waals surface area contributed by atoms with Crippen LogP contribution in [0.1, 0.15) is 11.4 Å². The van der Waals surface area contributed by atoms with E-state index in [0.717, 1.165) is 0 Å². The standard InChI is InChI=1S/C12H11ClN4O3/c1-6-11(14)15-7(2)16-12(6)20-10-5-8(17(18)19)3-4-9(10)13/h3-5H,1-2H3,(H2,14,15,16). The largest absolute Gasteiger partial charge is 0.437 e. The van der Waals surface area contributed by atoms with Gasteiger partial charge in [-0.05, 0) is 19.9 Å². The van der Waals surface area contributed by atoms with Crippen LogP contribution in [0, 0.1) is 24.0 Å². The van der Waals surface area contributed by atoms with Gasteiger partial charge in [-0.2, -0.15) is 4.98 Å². The van der Waals surface area contributed by atoms with E-state index >= 15 is 0 Å². The molecule has 1 aromatic heterocycles. The van der Waals surface area contributed by atoms with E-state index in [2.05, 4.69) is 9.97 Å². The molecule has 0 aliphatic heterocycles. The van der Waals surface area contributed by atoms with Crippen LogP contribution in [0.4, 0.5) is 11.5 Å².